The van der Waals surface area contributed by atoms with Crippen molar-refractivity contribution in [1.82, 2.24) is 4.90 Å². The first-order valence-corrected chi connectivity index (χ1v) is 5.49. The number of rotatable bonds is 9. The van der Waals surface area contributed by atoms with Crippen molar-refractivity contribution in [3.8, 4) is 0 Å². The van der Waals surface area contributed by atoms with Gasteiger partial charge in [0.15, 0.2) is 0 Å². The van der Waals surface area contributed by atoms with Crippen LogP contribution in [-0.4, -0.2) is 64.0 Å². The van der Waals surface area contributed by atoms with Crippen LogP contribution in [0.15, 0.2) is 0 Å². The molecule has 0 rings (SSSR count). The molecule has 16 heavy (non-hydrogen) atoms. The van der Waals surface area contributed by atoms with Crippen LogP contribution >= 0.6 is 0 Å². The summed E-state index contributed by atoms with van der Waals surface area (Å²) in [5, 5.41) is 0. The fourth-order valence-electron chi connectivity index (χ4n) is 1.15. The first-order chi connectivity index (χ1) is 7.60. The lowest BCUT2D eigenvalue weighted by Crippen LogP contribution is -2.36. The molecule has 0 saturated carbocycles. The molecule has 0 unspecified atom stereocenters. The average Bonchev–Trinajstić information content (AvgIpc) is 2.24. The maximum absolute atomic E-state index is 11.1. The van der Waals surface area contributed by atoms with Gasteiger partial charge in [-0.25, -0.2) is 0 Å². The summed E-state index contributed by atoms with van der Waals surface area (Å²) < 4.78 is 15.0. The zero-order valence-electron chi connectivity index (χ0n) is 10.7. The van der Waals surface area contributed by atoms with E-state index in [1.165, 1.54) is 7.11 Å². The van der Waals surface area contributed by atoms with Crippen molar-refractivity contribution < 1.29 is 19.0 Å². The first kappa shape index (κ1) is 15.3. The molecule has 0 saturated heterocycles. The molecule has 0 fully saturated rings. The molecule has 0 aromatic heterocycles. The van der Waals surface area contributed by atoms with Crippen molar-refractivity contribution in [3.05, 3.63) is 0 Å². The highest BCUT2D eigenvalue weighted by molar-refractivity contribution is 5.71. The molecule has 5 heteroatoms. The lowest BCUT2D eigenvalue weighted by atomic mass is 10.4. The fraction of sp³-hybridized carbons (Fsp3) is 0.909. The molecule has 0 bridgehead atoms. The Morgan fingerprint density at radius 2 is 1.81 bits per heavy atom. The van der Waals surface area contributed by atoms with Gasteiger partial charge in [-0.3, -0.25) is 9.69 Å². The van der Waals surface area contributed by atoms with Crippen molar-refractivity contribution >= 4 is 5.97 Å². The Balaban J connectivity index is 3.84. The van der Waals surface area contributed by atoms with E-state index in [0.29, 0.717) is 26.3 Å². The topological polar surface area (TPSA) is 48.0 Å². The summed E-state index contributed by atoms with van der Waals surface area (Å²) in [4.78, 5) is 13.1. The van der Waals surface area contributed by atoms with Gasteiger partial charge in [0, 0.05) is 20.2 Å². The van der Waals surface area contributed by atoms with Gasteiger partial charge in [-0.15, -0.1) is 0 Å². The van der Waals surface area contributed by atoms with E-state index in [1.54, 1.807) is 7.11 Å². The van der Waals surface area contributed by atoms with Gasteiger partial charge in [-0.05, 0) is 13.8 Å². The Labute approximate surface area is 97.7 Å². The molecular weight excluding hydrogens is 210 g/mol. The van der Waals surface area contributed by atoms with Crippen molar-refractivity contribution in [2.24, 2.45) is 0 Å². The molecule has 5 nitrogen and oxygen atoms in total. The molecular formula is C11H23NO4. The largest absolute Gasteiger partial charge is 0.468 e. The van der Waals surface area contributed by atoms with E-state index >= 15 is 0 Å². The summed E-state index contributed by atoms with van der Waals surface area (Å²) in [6.07, 6.45) is 0.211. The number of ether oxygens (including phenoxy) is 3. The van der Waals surface area contributed by atoms with Crippen LogP contribution < -0.4 is 0 Å². The summed E-state index contributed by atoms with van der Waals surface area (Å²) in [7, 11) is 3.03. The minimum atomic E-state index is -0.236. The molecule has 0 aliphatic carbocycles. The molecule has 0 aromatic rings. The molecule has 0 spiro atoms. The number of nitrogens with zero attached hydrogens (tertiary/aromatic N) is 1. The Hall–Kier alpha value is -0.650. The maximum Gasteiger partial charge on any atom is 0.319 e. The fourth-order valence-corrected chi connectivity index (χ4v) is 1.15. The van der Waals surface area contributed by atoms with Crippen LogP contribution in [0.4, 0.5) is 0 Å². The van der Waals surface area contributed by atoms with Crippen LogP contribution in [0.3, 0.4) is 0 Å². The lowest BCUT2D eigenvalue weighted by Gasteiger charge is -2.21. The second-order valence-electron chi connectivity index (χ2n) is 3.76. The number of methoxy groups -OCH3 is 2. The molecule has 96 valence electrons. The third-order valence-corrected chi connectivity index (χ3v) is 2.05. The number of hydrogen-bond donors (Lipinski definition) is 0. The lowest BCUT2D eigenvalue weighted by molar-refractivity contribution is -0.142. The predicted molar refractivity (Wildman–Crippen MR) is 61.4 cm³/mol. The SMILES string of the molecule is COCCN(CCOC(C)C)CC(=O)OC. The normalized spacial score (nSPS) is 11.1. The van der Waals surface area contributed by atoms with Crippen LogP contribution in [-0.2, 0) is 19.0 Å². The van der Waals surface area contributed by atoms with Crippen molar-refractivity contribution in [2.75, 3.05) is 47.1 Å². The van der Waals surface area contributed by atoms with Gasteiger partial charge in [-0.1, -0.05) is 0 Å². The zero-order chi connectivity index (χ0) is 12.4. The Bertz CT molecular complexity index is 185. The van der Waals surface area contributed by atoms with Crippen LogP contribution in [0, 0.1) is 0 Å². The van der Waals surface area contributed by atoms with E-state index in [9.17, 15) is 4.79 Å². The summed E-state index contributed by atoms with van der Waals surface area (Å²) in [5.74, 6) is -0.236. The maximum atomic E-state index is 11.1. The summed E-state index contributed by atoms with van der Waals surface area (Å²) in [5.41, 5.74) is 0. The monoisotopic (exact) mass is 233 g/mol. The predicted octanol–water partition coefficient (Wildman–Crippen LogP) is 0.533. The summed E-state index contributed by atoms with van der Waals surface area (Å²) >= 11 is 0. The standard InChI is InChI=1S/C11H23NO4/c1-10(2)16-8-6-12(5-7-14-3)9-11(13)15-4/h10H,5-9H2,1-4H3. The minimum absolute atomic E-state index is 0.211. The highest BCUT2D eigenvalue weighted by Crippen LogP contribution is 1.93. The smallest absolute Gasteiger partial charge is 0.319 e. The third kappa shape index (κ3) is 8.64. The Kier molecular flexibility index (Phi) is 9.18. The molecule has 0 radical (unpaired) electrons. The molecule has 0 heterocycles. The van der Waals surface area contributed by atoms with Gasteiger partial charge in [0.1, 0.15) is 0 Å². The molecule has 0 atom stereocenters. The van der Waals surface area contributed by atoms with Gasteiger partial charge in [0.2, 0.25) is 0 Å². The summed E-state index contributed by atoms with van der Waals surface area (Å²) in [6, 6.07) is 0. The van der Waals surface area contributed by atoms with E-state index in [4.69, 9.17) is 9.47 Å². The average molecular weight is 233 g/mol. The highest BCUT2D eigenvalue weighted by Gasteiger charge is 2.10. The van der Waals surface area contributed by atoms with Crippen molar-refractivity contribution in [2.45, 2.75) is 20.0 Å². The van der Waals surface area contributed by atoms with Gasteiger partial charge in [0.25, 0.3) is 0 Å². The van der Waals surface area contributed by atoms with Gasteiger partial charge in [0.05, 0.1) is 33.0 Å². The van der Waals surface area contributed by atoms with Gasteiger partial charge >= 0.3 is 5.97 Å². The van der Waals surface area contributed by atoms with Crippen LogP contribution in [0.5, 0.6) is 0 Å². The molecule has 0 aliphatic rings. The number of carbonyl (C=O) groups excluding carboxylic acids is 1. The van der Waals surface area contributed by atoms with Crippen LogP contribution in [0.2, 0.25) is 0 Å². The van der Waals surface area contributed by atoms with E-state index in [0.717, 1.165) is 0 Å². The molecule has 0 N–H and O–H groups in total. The first-order valence-electron chi connectivity index (χ1n) is 5.49. The van der Waals surface area contributed by atoms with Crippen molar-refractivity contribution in [1.29, 1.82) is 0 Å². The van der Waals surface area contributed by atoms with E-state index in [1.807, 2.05) is 18.7 Å². The Morgan fingerprint density at radius 1 is 1.19 bits per heavy atom. The van der Waals surface area contributed by atoms with Gasteiger partial charge in [-0.2, -0.15) is 0 Å². The second-order valence-corrected chi connectivity index (χ2v) is 3.76. The second kappa shape index (κ2) is 9.57. The van der Waals surface area contributed by atoms with E-state index in [-0.39, 0.29) is 18.6 Å². The quantitative estimate of drug-likeness (QED) is 0.544. The summed E-state index contributed by atoms with van der Waals surface area (Å²) in [6.45, 7) is 6.86. The molecule has 0 amide bonds. The number of esters is 1. The van der Waals surface area contributed by atoms with E-state index in [2.05, 4.69) is 4.74 Å². The number of carbonyl (C=O) groups is 1. The molecule has 0 aromatic carbocycles. The highest BCUT2D eigenvalue weighted by atomic mass is 16.5. The third-order valence-electron chi connectivity index (χ3n) is 2.05. The van der Waals surface area contributed by atoms with Gasteiger partial charge < -0.3 is 14.2 Å². The zero-order valence-corrected chi connectivity index (χ0v) is 10.7. The van der Waals surface area contributed by atoms with Crippen molar-refractivity contribution in [3.63, 3.8) is 0 Å². The minimum Gasteiger partial charge on any atom is -0.468 e. The van der Waals surface area contributed by atoms with E-state index < -0.39 is 0 Å². The Morgan fingerprint density at radius 3 is 2.31 bits per heavy atom. The van der Waals surface area contributed by atoms with Crippen LogP contribution in [0.1, 0.15) is 13.8 Å². The number of hydrogen-bond acceptors (Lipinski definition) is 5. The molecule has 0 aliphatic heterocycles. The van der Waals surface area contributed by atoms with Crippen LogP contribution in [0.25, 0.3) is 0 Å².